The Morgan fingerprint density at radius 2 is 1.85 bits per heavy atom. The molecule has 3 aliphatic rings. The normalized spacial score (nSPS) is 21.8. The molecule has 0 bridgehead atoms. The van der Waals surface area contributed by atoms with Crippen molar-refractivity contribution in [2.75, 3.05) is 57.8 Å². The van der Waals surface area contributed by atoms with E-state index in [0.717, 1.165) is 70.8 Å². The lowest BCUT2D eigenvalue weighted by Crippen LogP contribution is -2.58. The minimum Gasteiger partial charge on any atom is -0.481 e. The molecule has 3 fully saturated rings. The highest BCUT2D eigenvalue weighted by molar-refractivity contribution is 9.10. The van der Waals surface area contributed by atoms with Crippen molar-refractivity contribution < 1.29 is 17.9 Å². The number of hydrogen-bond donors (Lipinski definition) is 1. The molecule has 5 rings (SSSR count). The van der Waals surface area contributed by atoms with Crippen LogP contribution in [0.5, 0.6) is 5.75 Å². The van der Waals surface area contributed by atoms with E-state index in [9.17, 15) is 13.2 Å². The molecule has 3 saturated heterocycles. The number of hydrogen-bond acceptors (Lipinski definition) is 6. The average molecular weight is 563 g/mol. The maximum atomic E-state index is 13.0. The highest BCUT2D eigenvalue weighted by Crippen LogP contribution is 2.44. The van der Waals surface area contributed by atoms with Gasteiger partial charge in [-0.05, 0) is 73.2 Å². The molecule has 0 atom stereocenters. The number of ether oxygens (including phenoxy) is 1. The second-order valence-corrected chi connectivity index (χ2v) is 11.1. The molecule has 186 valence electrons. The van der Waals surface area contributed by atoms with Crippen LogP contribution >= 0.6 is 27.5 Å². The molecule has 11 heteroatoms. The smallest absolute Gasteiger partial charge is 0.422 e. The SMILES string of the molecule is CN1CCC(c2nc(N3CCC4(CC3)CNC4)c3cc(Cl)c(Br)c(OCC(F)(F)F)c3n2)CC1. The molecule has 0 unspecified atom stereocenters. The van der Waals surface area contributed by atoms with Gasteiger partial charge in [-0.3, -0.25) is 0 Å². The van der Waals surface area contributed by atoms with Crippen molar-refractivity contribution in [3.05, 3.63) is 21.4 Å². The fraction of sp³-hybridized carbons (Fsp3) is 0.652. The van der Waals surface area contributed by atoms with Gasteiger partial charge >= 0.3 is 6.18 Å². The summed E-state index contributed by atoms with van der Waals surface area (Å²) in [6.07, 6.45) is -0.556. The molecule has 2 aromatic rings. The maximum absolute atomic E-state index is 13.0. The van der Waals surface area contributed by atoms with Crippen LogP contribution in [-0.2, 0) is 0 Å². The third-order valence-electron chi connectivity index (χ3n) is 7.43. The highest BCUT2D eigenvalue weighted by atomic mass is 79.9. The zero-order valence-electron chi connectivity index (χ0n) is 19.0. The lowest BCUT2D eigenvalue weighted by molar-refractivity contribution is -0.153. The molecular formula is C23H28BrClF3N5O. The predicted octanol–water partition coefficient (Wildman–Crippen LogP) is 4.99. The summed E-state index contributed by atoms with van der Waals surface area (Å²) in [5.74, 6) is 1.59. The van der Waals surface area contributed by atoms with E-state index in [4.69, 9.17) is 26.3 Å². The molecule has 1 N–H and O–H groups in total. The number of halogens is 5. The second kappa shape index (κ2) is 9.26. The van der Waals surface area contributed by atoms with Crippen molar-refractivity contribution in [1.29, 1.82) is 0 Å². The Labute approximate surface area is 210 Å². The summed E-state index contributed by atoms with van der Waals surface area (Å²) in [7, 11) is 2.09. The fourth-order valence-corrected chi connectivity index (χ4v) is 5.80. The molecule has 6 nitrogen and oxygen atoms in total. The Morgan fingerprint density at radius 1 is 1.18 bits per heavy atom. The van der Waals surface area contributed by atoms with Gasteiger partial charge in [0.1, 0.15) is 17.2 Å². The Morgan fingerprint density at radius 3 is 2.44 bits per heavy atom. The second-order valence-electron chi connectivity index (χ2n) is 9.88. The van der Waals surface area contributed by atoms with Crippen molar-refractivity contribution in [2.45, 2.75) is 37.8 Å². The highest BCUT2D eigenvalue weighted by Gasteiger charge is 2.40. The summed E-state index contributed by atoms with van der Waals surface area (Å²) in [5, 5.41) is 4.29. The Bertz CT molecular complexity index is 1060. The van der Waals surface area contributed by atoms with Crippen LogP contribution in [0, 0.1) is 5.41 Å². The van der Waals surface area contributed by atoms with E-state index < -0.39 is 12.8 Å². The third-order valence-corrected chi connectivity index (χ3v) is 8.74. The predicted molar refractivity (Wildman–Crippen MR) is 130 cm³/mol. The summed E-state index contributed by atoms with van der Waals surface area (Å²) in [5.41, 5.74) is 0.739. The first-order chi connectivity index (χ1) is 16.1. The number of nitrogens with zero attached hydrogens (tertiary/aromatic N) is 4. The van der Waals surface area contributed by atoms with Gasteiger partial charge in [-0.15, -0.1) is 0 Å². The number of alkyl halides is 3. The summed E-state index contributed by atoms with van der Waals surface area (Å²) >= 11 is 9.78. The topological polar surface area (TPSA) is 53.5 Å². The van der Waals surface area contributed by atoms with Gasteiger partial charge in [-0.25, -0.2) is 9.97 Å². The molecule has 0 amide bonds. The van der Waals surface area contributed by atoms with Crippen molar-refractivity contribution in [1.82, 2.24) is 20.2 Å². The van der Waals surface area contributed by atoms with Crippen LogP contribution in [0.25, 0.3) is 10.9 Å². The van der Waals surface area contributed by atoms with Gasteiger partial charge in [0.05, 0.1) is 9.50 Å². The first-order valence-electron chi connectivity index (χ1n) is 11.7. The first kappa shape index (κ1) is 24.3. The van der Waals surface area contributed by atoms with Crippen LogP contribution < -0.4 is 15.0 Å². The first-order valence-corrected chi connectivity index (χ1v) is 12.8. The van der Waals surface area contributed by atoms with E-state index in [0.29, 0.717) is 22.1 Å². The molecule has 1 spiro atoms. The monoisotopic (exact) mass is 561 g/mol. The van der Waals surface area contributed by atoms with Gasteiger partial charge in [0.15, 0.2) is 12.4 Å². The van der Waals surface area contributed by atoms with E-state index in [1.807, 2.05) is 0 Å². The van der Waals surface area contributed by atoms with Crippen molar-refractivity contribution in [2.24, 2.45) is 5.41 Å². The molecule has 1 aromatic carbocycles. The summed E-state index contributed by atoms with van der Waals surface area (Å²) in [6, 6.07) is 1.74. The number of anilines is 1. The van der Waals surface area contributed by atoms with Crippen molar-refractivity contribution >= 4 is 44.3 Å². The van der Waals surface area contributed by atoms with Crippen molar-refractivity contribution in [3.8, 4) is 5.75 Å². The molecule has 4 heterocycles. The number of nitrogens with one attached hydrogen (secondary N) is 1. The minimum absolute atomic E-state index is 0.0225. The van der Waals surface area contributed by atoms with Crippen LogP contribution in [0.3, 0.4) is 0 Å². The van der Waals surface area contributed by atoms with Gasteiger partial charge in [0, 0.05) is 37.5 Å². The number of piperidine rings is 2. The van der Waals surface area contributed by atoms with Gasteiger partial charge < -0.3 is 19.9 Å². The van der Waals surface area contributed by atoms with Crippen LogP contribution in [0.2, 0.25) is 5.02 Å². The molecule has 0 radical (unpaired) electrons. The largest absolute Gasteiger partial charge is 0.481 e. The zero-order chi connectivity index (χ0) is 24.1. The number of fused-ring (bicyclic) bond motifs is 1. The molecule has 34 heavy (non-hydrogen) atoms. The summed E-state index contributed by atoms with van der Waals surface area (Å²) < 4.78 is 44.7. The zero-order valence-corrected chi connectivity index (χ0v) is 21.4. The molecule has 0 aliphatic carbocycles. The maximum Gasteiger partial charge on any atom is 0.422 e. The van der Waals surface area contributed by atoms with E-state index in [1.165, 1.54) is 0 Å². The minimum atomic E-state index is -4.47. The lowest BCUT2D eigenvalue weighted by atomic mass is 9.73. The summed E-state index contributed by atoms with van der Waals surface area (Å²) in [4.78, 5) is 14.3. The molecule has 3 aliphatic heterocycles. The Hall–Kier alpha value is -1.36. The Kier molecular flexibility index (Phi) is 6.63. The van der Waals surface area contributed by atoms with Crippen LogP contribution in [0.1, 0.15) is 37.4 Å². The van der Waals surface area contributed by atoms with Crippen LogP contribution in [0.15, 0.2) is 10.5 Å². The third kappa shape index (κ3) is 4.83. The van der Waals surface area contributed by atoms with Crippen LogP contribution in [-0.4, -0.2) is 74.0 Å². The standard InChI is InChI=1S/C23H28BrClF3N5O/c1-32-6-2-14(3-7-32)20-30-18-15(10-16(25)17(24)19(18)34-13-23(26,27)28)21(31-20)33-8-4-22(5-9-33)11-29-12-22/h10,14,29H,2-9,11-13H2,1H3. The van der Waals surface area contributed by atoms with E-state index in [1.54, 1.807) is 6.07 Å². The lowest BCUT2D eigenvalue weighted by Gasteiger charge is -2.48. The molecule has 1 aromatic heterocycles. The van der Waals surface area contributed by atoms with Gasteiger partial charge in [-0.1, -0.05) is 11.6 Å². The average Bonchev–Trinajstić information content (AvgIpc) is 2.78. The van der Waals surface area contributed by atoms with Gasteiger partial charge in [0.25, 0.3) is 0 Å². The number of rotatable bonds is 4. The van der Waals surface area contributed by atoms with Gasteiger partial charge in [-0.2, -0.15) is 13.2 Å². The fourth-order valence-electron chi connectivity index (χ4n) is 5.18. The van der Waals surface area contributed by atoms with E-state index in [-0.39, 0.29) is 21.2 Å². The quantitative estimate of drug-likeness (QED) is 0.567. The molecule has 0 saturated carbocycles. The number of benzene rings is 1. The van der Waals surface area contributed by atoms with E-state index in [2.05, 4.69) is 38.1 Å². The molecular weight excluding hydrogens is 535 g/mol. The number of aromatic nitrogens is 2. The van der Waals surface area contributed by atoms with E-state index >= 15 is 0 Å². The Balaban J connectivity index is 1.59. The number of likely N-dealkylation sites (tertiary alicyclic amines) is 1. The summed E-state index contributed by atoms with van der Waals surface area (Å²) in [6.45, 7) is 4.22. The van der Waals surface area contributed by atoms with Crippen molar-refractivity contribution in [3.63, 3.8) is 0 Å². The van der Waals surface area contributed by atoms with Crippen LogP contribution in [0.4, 0.5) is 19.0 Å². The van der Waals surface area contributed by atoms with Gasteiger partial charge in [0.2, 0.25) is 0 Å².